The number of halogens is 1. The summed E-state index contributed by atoms with van der Waals surface area (Å²) in [6.07, 6.45) is 7.19. The number of hydrogen-bond acceptors (Lipinski definition) is 3. The summed E-state index contributed by atoms with van der Waals surface area (Å²) >= 11 is 5.23. The Balaban J connectivity index is 1.61. The summed E-state index contributed by atoms with van der Waals surface area (Å²) in [6.45, 7) is 1.51. The van der Waals surface area contributed by atoms with E-state index in [0.29, 0.717) is 16.8 Å². The minimum atomic E-state index is -0.423. The quantitative estimate of drug-likeness (QED) is 0.564. The molecule has 0 bridgehead atoms. The number of nitrogens with one attached hydrogen (secondary N) is 2. The molecule has 1 fully saturated rings. The largest absolute Gasteiger partial charge is 0.339 e. The molecule has 0 unspecified atom stereocenters. The fourth-order valence-electron chi connectivity index (χ4n) is 3.28. The molecular weight excluding hydrogens is 401 g/mol. The summed E-state index contributed by atoms with van der Waals surface area (Å²) in [5, 5.41) is 5.61. The van der Waals surface area contributed by atoms with E-state index < -0.39 is 5.91 Å². The molecule has 2 N–H and O–H groups in total. The summed E-state index contributed by atoms with van der Waals surface area (Å²) < 4.78 is 12.9. The summed E-state index contributed by atoms with van der Waals surface area (Å²) in [6, 6.07) is 12.9. The van der Waals surface area contributed by atoms with Gasteiger partial charge in [-0.25, -0.2) is 4.39 Å². The number of para-hydroxylation sites is 1. The number of carbonyl (C=O) groups is 2. The average Bonchev–Trinajstić information content (AvgIpc) is 3.03. The third-order valence-electron chi connectivity index (χ3n) is 4.83. The van der Waals surface area contributed by atoms with E-state index in [0.717, 1.165) is 38.8 Å². The van der Waals surface area contributed by atoms with Crippen LogP contribution in [0.2, 0.25) is 0 Å². The highest BCUT2D eigenvalue weighted by Crippen LogP contribution is 2.20. The van der Waals surface area contributed by atoms with E-state index in [2.05, 4.69) is 10.6 Å². The summed E-state index contributed by atoms with van der Waals surface area (Å²) in [5.74, 6) is -0.797. The van der Waals surface area contributed by atoms with Crippen molar-refractivity contribution in [2.24, 2.45) is 0 Å². The number of hydrogen-bond donors (Lipinski definition) is 2. The van der Waals surface area contributed by atoms with Gasteiger partial charge in [0, 0.05) is 19.2 Å². The second kappa shape index (κ2) is 10.6. The minimum Gasteiger partial charge on any atom is -0.339 e. The molecule has 1 heterocycles. The normalized spacial score (nSPS) is 14.2. The van der Waals surface area contributed by atoms with Gasteiger partial charge < -0.3 is 10.2 Å². The molecule has 0 aliphatic carbocycles. The summed E-state index contributed by atoms with van der Waals surface area (Å²) in [5.41, 5.74) is 1.77. The zero-order valence-corrected chi connectivity index (χ0v) is 17.4. The highest BCUT2D eigenvalue weighted by molar-refractivity contribution is 7.80. The Morgan fingerprint density at radius 2 is 1.63 bits per heavy atom. The molecule has 2 aromatic rings. The van der Waals surface area contributed by atoms with Crippen molar-refractivity contribution in [2.75, 3.05) is 18.4 Å². The predicted octanol–water partition coefficient (Wildman–Crippen LogP) is 4.37. The SMILES string of the molecule is O=C(C=Cc1ccc(F)cc1)NC(=S)Nc1ccccc1C(=O)N1CCCCCC1. The molecule has 5 nitrogen and oxygen atoms in total. The smallest absolute Gasteiger partial charge is 0.255 e. The van der Waals surface area contributed by atoms with Crippen LogP contribution in [0.3, 0.4) is 0 Å². The van der Waals surface area contributed by atoms with Crippen molar-refractivity contribution in [2.45, 2.75) is 25.7 Å². The lowest BCUT2D eigenvalue weighted by molar-refractivity contribution is -0.115. The van der Waals surface area contributed by atoms with Gasteiger partial charge in [-0.05, 0) is 61.0 Å². The molecule has 2 amide bonds. The molecule has 0 radical (unpaired) electrons. The van der Waals surface area contributed by atoms with Gasteiger partial charge in [0.15, 0.2) is 5.11 Å². The maximum Gasteiger partial charge on any atom is 0.255 e. The first-order chi connectivity index (χ1) is 14.5. The summed E-state index contributed by atoms with van der Waals surface area (Å²) in [4.78, 5) is 27.0. The van der Waals surface area contributed by atoms with Gasteiger partial charge in [0.05, 0.1) is 11.3 Å². The first-order valence-corrected chi connectivity index (χ1v) is 10.4. The first kappa shape index (κ1) is 21.6. The lowest BCUT2D eigenvalue weighted by Gasteiger charge is -2.22. The van der Waals surface area contributed by atoms with Crippen LogP contribution in [0.5, 0.6) is 0 Å². The lowest BCUT2D eigenvalue weighted by Crippen LogP contribution is -2.35. The molecule has 3 rings (SSSR count). The van der Waals surface area contributed by atoms with E-state index in [1.54, 1.807) is 36.4 Å². The number of benzene rings is 2. The van der Waals surface area contributed by atoms with Gasteiger partial charge in [0.2, 0.25) is 5.91 Å². The maximum absolute atomic E-state index is 13.0. The Morgan fingerprint density at radius 1 is 0.967 bits per heavy atom. The van der Waals surface area contributed by atoms with E-state index >= 15 is 0 Å². The van der Waals surface area contributed by atoms with Crippen molar-refractivity contribution in [3.8, 4) is 0 Å². The zero-order chi connectivity index (χ0) is 21.3. The van der Waals surface area contributed by atoms with Crippen molar-refractivity contribution in [3.63, 3.8) is 0 Å². The molecule has 156 valence electrons. The second-order valence-electron chi connectivity index (χ2n) is 7.08. The first-order valence-electron chi connectivity index (χ1n) is 9.97. The van der Waals surface area contributed by atoms with Crippen molar-refractivity contribution < 1.29 is 14.0 Å². The molecule has 1 aliphatic rings. The van der Waals surface area contributed by atoms with Crippen LogP contribution in [0.25, 0.3) is 6.08 Å². The van der Waals surface area contributed by atoms with E-state index in [1.165, 1.54) is 18.2 Å². The van der Waals surface area contributed by atoms with Gasteiger partial charge in [-0.2, -0.15) is 0 Å². The molecule has 0 spiro atoms. The van der Waals surface area contributed by atoms with Crippen molar-refractivity contribution in [3.05, 3.63) is 71.6 Å². The van der Waals surface area contributed by atoms with Gasteiger partial charge in [0.25, 0.3) is 5.91 Å². The Labute approximate surface area is 181 Å². The van der Waals surface area contributed by atoms with E-state index in [4.69, 9.17) is 12.2 Å². The molecule has 0 aromatic heterocycles. The standard InChI is InChI=1S/C23H24FN3O2S/c24-18-12-9-17(10-13-18)11-14-21(28)26-23(30)25-20-8-4-3-7-19(20)22(29)27-15-5-1-2-6-16-27/h3-4,7-14H,1-2,5-6,15-16H2,(H2,25,26,28,30). The van der Waals surface area contributed by atoms with Gasteiger partial charge in [0.1, 0.15) is 5.82 Å². The molecule has 1 aliphatic heterocycles. The number of rotatable bonds is 4. The number of thiocarbonyl (C=S) groups is 1. The van der Waals surface area contributed by atoms with Gasteiger partial charge in [-0.1, -0.05) is 37.1 Å². The fraction of sp³-hybridized carbons (Fsp3) is 0.261. The molecule has 30 heavy (non-hydrogen) atoms. The average molecular weight is 426 g/mol. The Hall–Kier alpha value is -3.06. The monoisotopic (exact) mass is 425 g/mol. The fourth-order valence-corrected chi connectivity index (χ4v) is 3.49. The van der Waals surface area contributed by atoms with Crippen molar-refractivity contribution in [1.29, 1.82) is 0 Å². The van der Waals surface area contributed by atoms with Crippen LogP contribution in [-0.4, -0.2) is 34.9 Å². The number of likely N-dealkylation sites (tertiary alicyclic amines) is 1. The molecular formula is C23H24FN3O2S. The van der Waals surface area contributed by atoms with Gasteiger partial charge >= 0.3 is 0 Å². The number of nitrogens with zero attached hydrogens (tertiary/aromatic N) is 1. The van der Waals surface area contributed by atoms with Crippen LogP contribution in [-0.2, 0) is 4.79 Å². The number of carbonyl (C=O) groups excluding carboxylic acids is 2. The molecule has 0 atom stereocenters. The molecule has 2 aromatic carbocycles. The van der Waals surface area contributed by atoms with Crippen LogP contribution in [0, 0.1) is 5.82 Å². The minimum absolute atomic E-state index is 0.0367. The Bertz CT molecular complexity index is 936. The van der Waals surface area contributed by atoms with Crippen LogP contribution < -0.4 is 10.6 Å². The van der Waals surface area contributed by atoms with E-state index in [-0.39, 0.29) is 16.8 Å². The maximum atomic E-state index is 13.0. The Kier molecular flexibility index (Phi) is 7.68. The van der Waals surface area contributed by atoms with Crippen LogP contribution in [0.15, 0.2) is 54.6 Å². The van der Waals surface area contributed by atoms with Crippen molar-refractivity contribution in [1.82, 2.24) is 10.2 Å². The van der Waals surface area contributed by atoms with Crippen molar-refractivity contribution >= 4 is 40.9 Å². The third kappa shape index (κ3) is 6.22. The molecule has 1 saturated heterocycles. The lowest BCUT2D eigenvalue weighted by atomic mass is 10.1. The van der Waals surface area contributed by atoms with Crippen LogP contribution in [0.4, 0.5) is 10.1 Å². The second-order valence-corrected chi connectivity index (χ2v) is 7.49. The molecule has 0 saturated carbocycles. The highest BCUT2D eigenvalue weighted by Gasteiger charge is 2.20. The van der Waals surface area contributed by atoms with E-state index in [1.807, 2.05) is 11.0 Å². The number of anilines is 1. The molecule has 7 heteroatoms. The van der Waals surface area contributed by atoms with E-state index in [9.17, 15) is 14.0 Å². The predicted molar refractivity (Wildman–Crippen MR) is 121 cm³/mol. The van der Waals surface area contributed by atoms with Gasteiger partial charge in [-0.3, -0.25) is 14.9 Å². The summed E-state index contributed by atoms with van der Waals surface area (Å²) in [7, 11) is 0. The van der Waals surface area contributed by atoms with Gasteiger partial charge in [-0.15, -0.1) is 0 Å². The van der Waals surface area contributed by atoms with Crippen LogP contribution >= 0.6 is 12.2 Å². The highest BCUT2D eigenvalue weighted by atomic mass is 32.1. The number of amides is 2. The zero-order valence-electron chi connectivity index (χ0n) is 16.6. The topological polar surface area (TPSA) is 61.4 Å². The third-order valence-corrected chi connectivity index (χ3v) is 5.04. The van der Waals surface area contributed by atoms with Crippen LogP contribution in [0.1, 0.15) is 41.6 Å². The Morgan fingerprint density at radius 3 is 2.33 bits per heavy atom.